The molecular weight excluding hydrogens is 1020 g/mol. The molecule has 13 rings (SSSR count). The molecule has 0 spiro atoms. The van der Waals surface area contributed by atoms with Gasteiger partial charge in [0.1, 0.15) is 58.1 Å². The topological polar surface area (TPSA) is 249 Å². The highest BCUT2D eigenvalue weighted by molar-refractivity contribution is 5.93. The maximum atomic E-state index is 15.6. The van der Waals surface area contributed by atoms with Crippen molar-refractivity contribution in [2.45, 2.75) is 183 Å². The lowest BCUT2D eigenvalue weighted by Gasteiger charge is -2.52. The van der Waals surface area contributed by atoms with Crippen molar-refractivity contribution in [3.8, 4) is 17.2 Å². The molecule has 428 valence electrons. The molecule has 1 saturated heterocycles. The molecule has 15 heteroatoms. The molecule has 5 aliphatic heterocycles. The fourth-order valence-electron chi connectivity index (χ4n) is 16.9. The van der Waals surface area contributed by atoms with Crippen LogP contribution in [0.2, 0.25) is 0 Å². The van der Waals surface area contributed by atoms with E-state index in [1.807, 2.05) is 25.1 Å². The van der Waals surface area contributed by atoms with Crippen molar-refractivity contribution >= 4 is 16.9 Å². The van der Waals surface area contributed by atoms with Crippen LogP contribution >= 0.6 is 0 Å². The number of aliphatic hydroxyl groups is 4. The largest absolute Gasteiger partial charge is 0.508 e. The highest BCUT2D eigenvalue weighted by Crippen LogP contribution is 2.62. The standard InChI is InChI=1S/C66H78N4O11/c1-4-50(66(78)23-19-37(30-66)36-9-8-10-39(25-36)65(77)21-6-5-7-22-65)63(76)80-53-29-48-58(75)56-52(74)28-41(32-71)79-60(56)57-54-46-20-24-68-61(67)55(46)44(16-13-35-12-14-40(73)27-47(35)49(54)33-72)43-18-17-42-38(26-51(43)64(53,3)81-59(48)57)31-69-62-45(42)15-11-34(2)70-62/h4,8-10,12,14,20,25,27-28,31,34,37,43-44,49,51,53-54,62,68-73,75,77-78H,5-7,11,13,15-19,21-24,26,29-30,32-33,67H2,1-3H3/b50-4+/t34-,37+,43+,44+,49+,51+,53-,54+,62?,64+,66+/m1/s1. The Kier molecular flexibility index (Phi) is 13.7. The number of phenolic OH excluding ortho intramolecular Hbond substituents is 2. The van der Waals surface area contributed by atoms with E-state index < -0.39 is 71.0 Å². The molecule has 4 aromatic rings. The summed E-state index contributed by atoms with van der Waals surface area (Å²) in [5.41, 5.74) is 12.7. The van der Waals surface area contributed by atoms with Crippen LogP contribution in [0.3, 0.4) is 0 Å². The van der Waals surface area contributed by atoms with Gasteiger partial charge in [-0.1, -0.05) is 61.7 Å². The average molecular weight is 1100 g/mol. The lowest BCUT2D eigenvalue weighted by Crippen LogP contribution is -2.59. The number of hydrogen-bond donors (Lipinski definition) is 10. The number of aromatic hydroxyl groups is 2. The van der Waals surface area contributed by atoms with Crippen LogP contribution in [-0.4, -0.2) is 79.3 Å². The number of piperidine rings is 1. The van der Waals surface area contributed by atoms with Crippen LogP contribution in [0.4, 0.5) is 0 Å². The lowest BCUT2D eigenvalue weighted by atomic mass is 9.61. The molecule has 11 atom stereocenters. The lowest BCUT2D eigenvalue weighted by molar-refractivity contribution is -0.171. The minimum absolute atomic E-state index is 0.0131. The Morgan fingerprint density at radius 1 is 0.963 bits per heavy atom. The first-order valence-corrected chi connectivity index (χ1v) is 29.9. The summed E-state index contributed by atoms with van der Waals surface area (Å²) < 4.78 is 21.5. The number of rotatable bonds is 7. The number of carbonyl (C=O) groups is 1. The number of allylic oxidation sites excluding steroid dienone is 5. The molecule has 1 aromatic heterocycles. The molecule has 9 aliphatic rings. The number of aryl methyl sites for hydroxylation is 1. The Morgan fingerprint density at radius 3 is 2.58 bits per heavy atom. The molecule has 0 radical (unpaired) electrons. The normalized spacial score (nSPS) is 32.3. The third kappa shape index (κ3) is 8.85. The number of fused-ring (bicyclic) bond motifs is 10. The van der Waals surface area contributed by atoms with Gasteiger partial charge < -0.3 is 60.9 Å². The van der Waals surface area contributed by atoms with E-state index in [0.29, 0.717) is 80.9 Å². The minimum atomic E-state index is -1.56. The first-order chi connectivity index (χ1) is 39.0. The highest BCUT2D eigenvalue weighted by Gasteiger charge is 2.59. The zero-order valence-corrected chi connectivity index (χ0v) is 46.8. The van der Waals surface area contributed by atoms with Gasteiger partial charge in [-0.25, -0.2) is 4.79 Å². The number of nitrogens with one attached hydrogen (secondary N) is 3. The maximum absolute atomic E-state index is 15.6. The van der Waals surface area contributed by atoms with E-state index in [1.165, 1.54) is 17.2 Å². The Balaban J connectivity index is 1.00. The second kappa shape index (κ2) is 20.5. The fraction of sp³-hybridized carbons (Fsp3) is 0.515. The molecule has 4 fully saturated rings. The van der Waals surface area contributed by atoms with Gasteiger partial charge in [0.15, 0.2) is 5.43 Å². The summed E-state index contributed by atoms with van der Waals surface area (Å²) in [6, 6.07) is 14.9. The average Bonchev–Trinajstić information content (AvgIpc) is 3.86. The zero-order valence-electron chi connectivity index (χ0n) is 46.8. The number of phenols is 2. The van der Waals surface area contributed by atoms with E-state index in [1.54, 1.807) is 25.1 Å². The van der Waals surface area contributed by atoms with Crippen LogP contribution in [0.5, 0.6) is 17.2 Å². The maximum Gasteiger partial charge on any atom is 0.337 e. The van der Waals surface area contributed by atoms with E-state index in [-0.39, 0.29) is 76.1 Å². The van der Waals surface area contributed by atoms with Crippen molar-refractivity contribution in [1.82, 2.24) is 16.0 Å². The molecule has 4 bridgehead atoms. The molecule has 15 nitrogen and oxygen atoms in total. The number of ether oxygens (including phenoxy) is 2. The third-order valence-electron chi connectivity index (χ3n) is 21.0. The van der Waals surface area contributed by atoms with Gasteiger partial charge in [-0.2, -0.15) is 0 Å². The van der Waals surface area contributed by atoms with Gasteiger partial charge in [-0.15, -0.1) is 0 Å². The Morgan fingerprint density at radius 2 is 1.79 bits per heavy atom. The van der Waals surface area contributed by atoms with Crippen molar-refractivity contribution in [3.63, 3.8) is 0 Å². The molecule has 1 unspecified atom stereocenters. The summed E-state index contributed by atoms with van der Waals surface area (Å²) in [5.74, 6) is -3.03. The second-order valence-electron chi connectivity index (χ2n) is 25.3. The summed E-state index contributed by atoms with van der Waals surface area (Å²) >= 11 is 0. The van der Waals surface area contributed by atoms with Gasteiger partial charge in [-0.3, -0.25) is 10.1 Å². The third-order valence-corrected chi connectivity index (χ3v) is 21.0. The van der Waals surface area contributed by atoms with Crippen molar-refractivity contribution in [3.05, 3.63) is 156 Å². The quantitative estimate of drug-likeness (QED) is 0.0615. The number of aliphatic hydroxyl groups excluding tert-OH is 2. The number of esters is 1. The Bertz CT molecular complexity index is 3460. The number of dihydropyridines is 2. The second-order valence-corrected chi connectivity index (χ2v) is 25.3. The van der Waals surface area contributed by atoms with Crippen LogP contribution in [0.1, 0.15) is 168 Å². The van der Waals surface area contributed by atoms with Crippen LogP contribution < -0.4 is 31.8 Å². The van der Waals surface area contributed by atoms with E-state index in [2.05, 4.69) is 47.3 Å². The van der Waals surface area contributed by atoms with E-state index >= 15 is 4.79 Å². The number of benzene rings is 3. The van der Waals surface area contributed by atoms with Gasteiger partial charge in [-0.05, 0) is 178 Å². The van der Waals surface area contributed by atoms with Crippen molar-refractivity contribution < 1.29 is 49.3 Å². The summed E-state index contributed by atoms with van der Waals surface area (Å²) in [6.45, 7) is 5.30. The predicted molar refractivity (Wildman–Crippen MR) is 306 cm³/mol. The van der Waals surface area contributed by atoms with Crippen LogP contribution in [0.25, 0.3) is 11.0 Å². The Labute approximate surface area is 472 Å². The number of nitrogens with two attached hydrogens (primary N) is 1. The minimum Gasteiger partial charge on any atom is -0.508 e. The summed E-state index contributed by atoms with van der Waals surface area (Å²) in [6.07, 6.45) is 15.4. The van der Waals surface area contributed by atoms with E-state index in [0.717, 1.165) is 71.9 Å². The van der Waals surface area contributed by atoms with Gasteiger partial charge in [0, 0.05) is 60.2 Å². The fourth-order valence-corrected chi connectivity index (χ4v) is 16.9. The zero-order chi connectivity index (χ0) is 56.3. The molecule has 6 heterocycles. The van der Waals surface area contributed by atoms with Crippen molar-refractivity contribution in [2.24, 2.45) is 23.5 Å². The molecule has 81 heavy (non-hydrogen) atoms. The van der Waals surface area contributed by atoms with Crippen molar-refractivity contribution in [2.75, 3.05) is 13.2 Å². The molecule has 3 aromatic carbocycles. The first-order valence-electron chi connectivity index (χ1n) is 29.9. The first kappa shape index (κ1) is 53.9. The number of carbonyl (C=O) groups excluding carboxylic acids is 1. The summed E-state index contributed by atoms with van der Waals surface area (Å²) in [5, 5.41) is 82.3. The summed E-state index contributed by atoms with van der Waals surface area (Å²) in [7, 11) is 0. The van der Waals surface area contributed by atoms with Crippen LogP contribution in [-0.2, 0) is 34.6 Å². The van der Waals surface area contributed by atoms with Crippen LogP contribution in [0.15, 0.2) is 115 Å². The molecular formula is C66H78N4O11. The predicted octanol–water partition coefficient (Wildman–Crippen LogP) is 8.53. The highest BCUT2D eigenvalue weighted by atomic mass is 16.6. The summed E-state index contributed by atoms with van der Waals surface area (Å²) in [4.78, 5) is 30.2. The van der Waals surface area contributed by atoms with Gasteiger partial charge in [0.05, 0.1) is 29.5 Å². The molecule has 3 saturated carbocycles. The molecule has 4 aliphatic carbocycles. The smallest absolute Gasteiger partial charge is 0.337 e. The van der Waals surface area contributed by atoms with Gasteiger partial charge >= 0.3 is 5.97 Å². The SMILES string of the molecule is C/C=C(\C(=O)O[C@@H]1Cc2c3c(c4oc(CO)cc(=O)c4c2O)[C@H]2C4=CCNC(N)=C4[C@@H](CCc4ccc(O)cc4[C@@H]2CO)[C@@H]2CCC4=C5CC[C@@H](C)NC5NC=C4C[C@@H]2[C@]1(C)O3)[C@]1(O)CC[C@H](c2cccc(C3(O)CCCCC3)c2)C1. The van der Waals surface area contributed by atoms with E-state index in [4.69, 9.17) is 19.6 Å². The van der Waals surface area contributed by atoms with E-state index in [9.17, 15) is 35.4 Å². The molecule has 0 amide bonds. The van der Waals surface area contributed by atoms with Gasteiger partial charge in [0.25, 0.3) is 0 Å². The molecule has 11 N–H and O–H groups in total. The number of hydrogen-bond acceptors (Lipinski definition) is 15. The van der Waals surface area contributed by atoms with Crippen molar-refractivity contribution in [1.29, 1.82) is 0 Å². The van der Waals surface area contributed by atoms with Gasteiger partial charge in [0.2, 0.25) is 0 Å². The van der Waals surface area contributed by atoms with Crippen LogP contribution in [0, 0.1) is 17.8 Å². The Hall–Kier alpha value is -6.36. The monoisotopic (exact) mass is 1100 g/mol.